The first-order chi connectivity index (χ1) is 16.3. The minimum Gasteiger partial charge on any atom is -0.369 e. The van der Waals surface area contributed by atoms with Gasteiger partial charge in [0.2, 0.25) is 0 Å². The van der Waals surface area contributed by atoms with E-state index >= 15 is 0 Å². The van der Waals surface area contributed by atoms with Crippen LogP contribution in [0.25, 0.3) is 0 Å². The number of ether oxygens (including phenoxy) is 1. The highest BCUT2D eigenvalue weighted by atomic mass is 16.5. The first kappa shape index (κ1) is 20.5. The van der Waals surface area contributed by atoms with E-state index < -0.39 is 5.72 Å². The van der Waals surface area contributed by atoms with E-state index in [0.29, 0.717) is 13.2 Å². The monoisotopic (exact) mass is 439 g/mol. The summed E-state index contributed by atoms with van der Waals surface area (Å²) in [5.41, 5.74) is 3.54. The van der Waals surface area contributed by atoms with Gasteiger partial charge in [-0.2, -0.15) is 0 Å². The molecule has 0 bridgehead atoms. The number of para-hydroxylation sites is 1. The van der Waals surface area contributed by atoms with Crippen LogP contribution in [-0.4, -0.2) is 61.6 Å². The smallest absolute Gasteiger partial charge is 0.256 e. The third-order valence-corrected chi connectivity index (χ3v) is 7.44. The van der Waals surface area contributed by atoms with Crippen LogP contribution in [0.2, 0.25) is 0 Å². The van der Waals surface area contributed by atoms with E-state index in [9.17, 15) is 4.79 Å². The molecule has 5 heteroatoms. The maximum atomic E-state index is 13.5. The lowest BCUT2D eigenvalue weighted by atomic mass is 9.76. The summed E-state index contributed by atoms with van der Waals surface area (Å²) in [7, 11) is 0. The third kappa shape index (κ3) is 3.35. The molecule has 2 fully saturated rings. The molecule has 3 aromatic rings. The van der Waals surface area contributed by atoms with Gasteiger partial charge < -0.3 is 14.5 Å². The summed E-state index contributed by atoms with van der Waals surface area (Å²) in [5, 5.41) is 0. The van der Waals surface area contributed by atoms with Crippen LogP contribution in [0, 0.1) is 0 Å². The third-order valence-electron chi connectivity index (χ3n) is 7.44. The predicted octanol–water partition coefficient (Wildman–Crippen LogP) is 3.93. The topological polar surface area (TPSA) is 36.0 Å². The Morgan fingerprint density at radius 3 is 2.21 bits per heavy atom. The van der Waals surface area contributed by atoms with Gasteiger partial charge in [0.05, 0.1) is 12.5 Å². The summed E-state index contributed by atoms with van der Waals surface area (Å²) in [6.45, 7) is 6.03. The van der Waals surface area contributed by atoms with Crippen LogP contribution in [-0.2, 0) is 10.5 Å². The Morgan fingerprint density at radius 1 is 0.788 bits per heavy atom. The van der Waals surface area contributed by atoms with E-state index in [1.54, 1.807) is 0 Å². The molecule has 6 rings (SSSR count). The SMILES string of the molecule is O=C1c2ccccc2[C@@H](CN2CCN(c3ccccc3)CC2)[C@@]2(c3ccccc3)OCCN12. The zero-order valence-electron chi connectivity index (χ0n) is 18.8. The summed E-state index contributed by atoms with van der Waals surface area (Å²) >= 11 is 0. The van der Waals surface area contributed by atoms with Crippen molar-refractivity contribution in [3.8, 4) is 0 Å². The van der Waals surface area contributed by atoms with Gasteiger partial charge in [-0.15, -0.1) is 0 Å². The Kier molecular flexibility index (Phi) is 5.16. The number of rotatable bonds is 4. The molecule has 0 spiro atoms. The molecule has 3 heterocycles. The van der Waals surface area contributed by atoms with E-state index in [1.165, 1.54) is 5.69 Å². The molecule has 33 heavy (non-hydrogen) atoms. The maximum absolute atomic E-state index is 13.5. The first-order valence-corrected chi connectivity index (χ1v) is 11.9. The second-order valence-electron chi connectivity index (χ2n) is 9.13. The molecule has 5 nitrogen and oxygen atoms in total. The van der Waals surface area contributed by atoms with Gasteiger partial charge in [-0.05, 0) is 23.8 Å². The summed E-state index contributed by atoms with van der Waals surface area (Å²) < 4.78 is 6.57. The van der Waals surface area contributed by atoms with Crippen LogP contribution in [0.3, 0.4) is 0 Å². The quantitative estimate of drug-likeness (QED) is 0.617. The Bertz CT molecular complexity index is 1130. The lowest BCUT2D eigenvalue weighted by Crippen LogP contribution is -2.57. The molecule has 0 N–H and O–H groups in total. The van der Waals surface area contributed by atoms with Crippen LogP contribution in [0.15, 0.2) is 84.9 Å². The molecule has 3 aliphatic rings. The molecule has 0 unspecified atom stereocenters. The van der Waals surface area contributed by atoms with Crippen LogP contribution < -0.4 is 4.90 Å². The second-order valence-corrected chi connectivity index (χ2v) is 9.13. The van der Waals surface area contributed by atoms with Crippen molar-refractivity contribution in [3.63, 3.8) is 0 Å². The molecule has 0 saturated carbocycles. The molecule has 0 aromatic heterocycles. The van der Waals surface area contributed by atoms with Gasteiger partial charge in [0, 0.05) is 56.1 Å². The molecule has 2 atom stereocenters. The molecule has 3 aliphatic heterocycles. The standard InChI is InChI=1S/C28H29N3O2/c32-27-25-14-8-7-13-24(25)26(28(31(27)19-20-33-28)22-9-3-1-4-10-22)21-29-15-17-30(18-16-29)23-11-5-2-6-12-23/h1-14,26H,15-21H2/t26-,28-/m1/s1. The van der Waals surface area contributed by atoms with Crippen molar-refractivity contribution in [1.29, 1.82) is 0 Å². The van der Waals surface area contributed by atoms with Gasteiger partial charge >= 0.3 is 0 Å². The van der Waals surface area contributed by atoms with Crippen molar-refractivity contribution in [2.75, 3.05) is 50.8 Å². The normalized spacial score (nSPS) is 25.1. The number of amides is 1. The molecular weight excluding hydrogens is 410 g/mol. The van der Waals surface area contributed by atoms with Crippen molar-refractivity contribution in [2.45, 2.75) is 11.6 Å². The van der Waals surface area contributed by atoms with Gasteiger partial charge in [-0.3, -0.25) is 9.69 Å². The summed E-state index contributed by atoms with van der Waals surface area (Å²) in [4.78, 5) is 20.5. The minimum absolute atomic E-state index is 0.0552. The van der Waals surface area contributed by atoms with Crippen LogP contribution in [0.1, 0.15) is 27.4 Å². The van der Waals surface area contributed by atoms with Gasteiger partial charge in [0.25, 0.3) is 5.91 Å². The van der Waals surface area contributed by atoms with Crippen molar-refractivity contribution in [3.05, 3.63) is 102 Å². The van der Waals surface area contributed by atoms with Gasteiger partial charge in [-0.1, -0.05) is 66.7 Å². The van der Waals surface area contributed by atoms with Crippen molar-refractivity contribution in [2.24, 2.45) is 0 Å². The Labute approximate surface area is 195 Å². The Morgan fingerprint density at radius 2 is 1.45 bits per heavy atom. The summed E-state index contributed by atoms with van der Waals surface area (Å²) in [6.07, 6.45) is 0. The highest BCUT2D eigenvalue weighted by Gasteiger charge is 2.57. The van der Waals surface area contributed by atoms with Crippen molar-refractivity contribution >= 4 is 11.6 Å². The summed E-state index contributed by atoms with van der Waals surface area (Å²) in [6, 6.07) is 29.1. The predicted molar refractivity (Wildman–Crippen MR) is 129 cm³/mol. The lowest BCUT2D eigenvalue weighted by molar-refractivity contribution is -0.106. The average Bonchev–Trinajstić information content (AvgIpc) is 3.35. The Hall–Kier alpha value is -3.15. The van der Waals surface area contributed by atoms with Crippen molar-refractivity contribution in [1.82, 2.24) is 9.80 Å². The largest absolute Gasteiger partial charge is 0.369 e. The molecule has 2 saturated heterocycles. The second kappa shape index (κ2) is 8.32. The van der Waals surface area contributed by atoms with Crippen molar-refractivity contribution < 1.29 is 9.53 Å². The number of benzene rings is 3. The fraction of sp³-hybridized carbons (Fsp3) is 0.321. The fourth-order valence-electron chi connectivity index (χ4n) is 5.85. The number of fused-ring (bicyclic) bond motifs is 2. The number of hydrogen-bond donors (Lipinski definition) is 0. The summed E-state index contributed by atoms with van der Waals surface area (Å²) in [5.74, 6) is 0.136. The molecular formula is C28H29N3O2. The van der Waals surface area contributed by atoms with Gasteiger partial charge in [0.1, 0.15) is 0 Å². The van der Waals surface area contributed by atoms with E-state index in [4.69, 9.17) is 4.74 Å². The van der Waals surface area contributed by atoms with E-state index in [-0.39, 0.29) is 11.8 Å². The first-order valence-electron chi connectivity index (χ1n) is 11.9. The van der Waals surface area contributed by atoms with E-state index in [2.05, 4.69) is 64.4 Å². The van der Waals surface area contributed by atoms with E-state index in [0.717, 1.165) is 49.4 Å². The zero-order chi connectivity index (χ0) is 22.3. The van der Waals surface area contributed by atoms with Crippen LogP contribution in [0.4, 0.5) is 5.69 Å². The highest BCUT2D eigenvalue weighted by Crippen LogP contribution is 2.51. The number of piperazine rings is 1. The molecule has 0 radical (unpaired) electrons. The molecule has 1 amide bonds. The maximum Gasteiger partial charge on any atom is 0.256 e. The number of carbonyl (C=O) groups is 1. The highest BCUT2D eigenvalue weighted by molar-refractivity contribution is 5.98. The van der Waals surface area contributed by atoms with Crippen LogP contribution >= 0.6 is 0 Å². The van der Waals surface area contributed by atoms with Crippen LogP contribution in [0.5, 0.6) is 0 Å². The van der Waals surface area contributed by atoms with Gasteiger partial charge in [-0.25, -0.2) is 0 Å². The zero-order valence-corrected chi connectivity index (χ0v) is 18.8. The molecule has 3 aromatic carbocycles. The van der Waals surface area contributed by atoms with Gasteiger partial charge in [0.15, 0.2) is 5.72 Å². The average molecular weight is 440 g/mol. The number of nitrogens with zero attached hydrogens (tertiary/aromatic N) is 3. The molecule has 168 valence electrons. The lowest BCUT2D eigenvalue weighted by Gasteiger charge is -2.49. The minimum atomic E-state index is -0.747. The number of carbonyl (C=O) groups excluding carboxylic acids is 1. The fourth-order valence-corrected chi connectivity index (χ4v) is 5.85. The number of anilines is 1. The molecule has 0 aliphatic carbocycles. The number of hydrogen-bond acceptors (Lipinski definition) is 4. The van der Waals surface area contributed by atoms with E-state index in [1.807, 2.05) is 35.2 Å². The Balaban J connectivity index is 1.34.